The highest BCUT2D eigenvalue weighted by molar-refractivity contribution is 7.96. The van der Waals surface area contributed by atoms with Crippen LogP contribution in [0.2, 0.25) is 0 Å². The van der Waals surface area contributed by atoms with E-state index in [1.807, 2.05) is 0 Å². The summed E-state index contributed by atoms with van der Waals surface area (Å²) >= 11 is 0. The van der Waals surface area contributed by atoms with Crippen molar-refractivity contribution in [3.63, 3.8) is 0 Å². The number of hydrogen-bond acceptors (Lipinski definition) is 9. The maximum atomic E-state index is 15.1. The van der Waals surface area contributed by atoms with Crippen molar-refractivity contribution in [1.82, 2.24) is 9.38 Å². The third kappa shape index (κ3) is 5.25. The maximum absolute atomic E-state index is 15.1. The number of allylic oxidation sites excluding steroid dienone is 1. The third-order valence-corrected chi connectivity index (χ3v) is 9.12. The number of ether oxygens (including phenoxy) is 2. The van der Waals surface area contributed by atoms with Gasteiger partial charge in [-0.1, -0.05) is 0 Å². The van der Waals surface area contributed by atoms with Gasteiger partial charge in [0.15, 0.2) is 21.4 Å². The number of anilines is 1. The van der Waals surface area contributed by atoms with E-state index in [2.05, 4.69) is 14.7 Å². The molecule has 1 aromatic carbocycles. The molecule has 3 N–H and O–H groups in total. The summed E-state index contributed by atoms with van der Waals surface area (Å²) in [4.78, 5) is 7.85. The number of pyridine rings is 1. The first-order valence-electron chi connectivity index (χ1n) is 10.8. The second kappa shape index (κ2) is 10.0. The lowest BCUT2D eigenvalue weighted by atomic mass is 10.1. The number of nitrogens with one attached hydrogen (secondary N) is 1. The molecule has 0 radical (unpaired) electrons. The highest BCUT2D eigenvalue weighted by atomic mass is 32.2. The summed E-state index contributed by atoms with van der Waals surface area (Å²) in [6.45, 7) is 4.68. The minimum Gasteiger partial charge on any atom is -0.495 e. The van der Waals surface area contributed by atoms with Gasteiger partial charge in [-0.15, -0.1) is 0 Å². The van der Waals surface area contributed by atoms with Crippen molar-refractivity contribution in [2.75, 3.05) is 26.0 Å². The summed E-state index contributed by atoms with van der Waals surface area (Å²) in [6.07, 6.45) is 5.00. The molecule has 3 rings (SSSR count). The number of nitrogens with zero attached hydrogens (tertiary/aromatic N) is 3. The van der Waals surface area contributed by atoms with Gasteiger partial charge >= 0.3 is 0 Å². The average Bonchev–Trinajstić information content (AvgIpc) is 3.23. The molecule has 2 aromatic heterocycles. The lowest BCUT2D eigenvalue weighted by Crippen LogP contribution is -2.28. The Morgan fingerprint density at radius 1 is 1.16 bits per heavy atom. The maximum Gasteiger partial charge on any atom is 0.276 e. The van der Waals surface area contributed by atoms with Gasteiger partial charge in [-0.3, -0.25) is 14.1 Å². The van der Waals surface area contributed by atoms with Crippen molar-refractivity contribution in [2.45, 2.75) is 30.4 Å². The van der Waals surface area contributed by atoms with Crippen LogP contribution in [-0.2, 0) is 19.9 Å². The quantitative estimate of drug-likeness (QED) is 0.404. The second-order valence-corrected chi connectivity index (χ2v) is 13.2. The third-order valence-electron chi connectivity index (χ3n) is 5.38. The summed E-state index contributed by atoms with van der Waals surface area (Å²) in [6, 6.07) is 3.89. The number of aromatic nitrogens is 2. The number of rotatable bonds is 8. The van der Waals surface area contributed by atoms with E-state index in [1.165, 1.54) is 56.4 Å². The molecule has 0 aliphatic heterocycles. The molecular formula is C23H28FN5O6S2. The first-order chi connectivity index (χ1) is 17.2. The number of methoxy groups -OCH3 is 2. The number of fused-ring (bicyclic) bond motifs is 1. The molecule has 3 aromatic rings. The number of imidazole rings is 1. The van der Waals surface area contributed by atoms with Gasteiger partial charge in [-0.2, -0.15) is 8.42 Å². The molecule has 2 heterocycles. The predicted molar refractivity (Wildman–Crippen MR) is 140 cm³/mol. The van der Waals surface area contributed by atoms with E-state index in [9.17, 15) is 16.8 Å². The van der Waals surface area contributed by atoms with Gasteiger partial charge in [-0.25, -0.2) is 17.8 Å². The Labute approximate surface area is 214 Å². The highest BCUT2D eigenvalue weighted by Crippen LogP contribution is 2.37. The normalized spacial score (nSPS) is 13.3. The Kier molecular flexibility index (Phi) is 7.56. The molecule has 200 valence electrons. The molecule has 0 amide bonds. The van der Waals surface area contributed by atoms with Crippen LogP contribution in [0.25, 0.3) is 16.9 Å². The van der Waals surface area contributed by atoms with Gasteiger partial charge in [0, 0.05) is 31.1 Å². The van der Waals surface area contributed by atoms with Crippen LogP contribution in [0.4, 0.5) is 10.1 Å². The zero-order valence-corrected chi connectivity index (χ0v) is 22.7. The van der Waals surface area contributed by atoms with E-state index < -0.39 is 35.5 Å². The fourth-order valence-corrected chi connectivity index (χ4v) is 5.47. The summed E-state index contributed by atoms with van der Waals surface area (Å²) in [5.41, 5.74) is 6.21. The van der Waals surface area contributed by atoms with Crippen LogP contribution in [0, 0.1) is 5.82 Å². The minimum absolute atomic E-state index is 0.0836. The number of sulfone groups is 1. The zero-order chi connectivity index (χ0) is 27.8. The van der Waals surface area contributed by atoms with Crippen LogP contribution in [0.15, 0.2) is 51.6 Å². The van der Waals surface area contributed by atoms with Crippen molar-refractivity contribution in [3.8, 4) is 22.8 Å². The molecule has 0 aliphatic rings. The van der Waals surface area contributed by atoms with Crippen molar-refractivity contribution in [2.24, 2.45) is 10.7 Å². The summed E-state index contributed by atoms with van der Waals surface area (Å²) < 4.78 is 79.8. The van der Waals surface area contributed by atoms with Crippen LogP contribution >= 0.6 is 0 Å². The fourth-order valence-electron chi connectivity index (χ4n) is 3.36. The Morgan fingerprint density at radius 2 is 1.84 bits per heavy atom. The molecule has 14 heteroatoms. The Morgan fingerprint density at radius 3 is 2.41 bits per heavy atom. The van der Waals surface area contributed by atoms with Crippen molar-refractivity contribution < 1.29 is 30.7 Å². The molecular weight excluding hydrogens is 525 g/mol. The van der Waals surface area contributed by atoms with Gasteiger partial charge in [0.05, 0.1) is 36.5 Å². The zero-order valence-electron chi connectivity index (χ0n) is 21.1. The molecule has 11 nitrogen and oxygen atoms in total. The predicted octanol–water partition coefficient (Wildman–Crippen LogP) is 2.97. The highest BCUT2D eigenvalue weighted by Gasteiger charge is 2.34. The monoisotopic (exact) mass is 553 g/mol. The Balaban J connectivity index is 2.25. The van der Waals surface area contributed by atoms with Crippen LogP contribution in [0.3, 0.4) is 0 Å². The number of sulfonamides is 1. The van der Waals surface area contributed by atoms with Crippen molar-refractivity contribution >= 4 is 37.4 Å². The second-order valence-electron chi connectivity index (χ2n) is 8.81. The van der Waals surface area contributed by atoms with Gasteiger partial charge in [0.25, 0.3) is 10.0 Å². The molecule has 0 saturated heterocycles. The van der Waals surface area contributed by atoms with Crippen LogP contribution in [-0.4, -0.2) is 58.4 Å². The van der Waals surface area contributed by atoms with E-state index in [-0.39, 0.29) is 33.3 Å². The van der Waals surface area contributed by atoms with E-state index in [0.29, 0.717) is 5.65 Å². The van der Waals surface area contributed by atoms with E-state index in [1.54, 1.807) is 20.8 Å². The van der Waals surface area contributed by atoms with E-state index >= 15 is 4.39 Å². The van der Waals surface area contributed by atoms with Gasteiger partial charge in [-0.05, 0) is 39.0 Å². The minimum atomic E-state index is -4.28. The molecule has 0 fully saturated rings. The van der Waals surface area contributed by atoms with Crippen molar-refractivity contribution in [3.05, 3.63) is 47.5 Å². The molecule has 0 spiro atoms. The summed E-state index contributed by atoms with van der Waals surface area (Å²) in [7, 11) is -4.16. The molecule has 0 unspecified atom stereocenters. The molecule has 0 saturated carbocycles. The summed E-state index contributed by atoms with van der Waals surface area (Å²) in [5.74, 6) is -1.14. The smallest absolute Gasteiger partial charge is 0.276 e. The largest absolute Gasteiger partial charge is 0.495 e. The molecule has 0 bridgehead atoms. The number of hydrogen-bond donors (Lipinski definition) is 2. The van der Waals surface area contributed by atoms with Crippen LogP contribution in [0.1, 0.15) is 20.8 Å². The van der Waals surface area contributed by atoms with Gasteiger partial charge < -0.3 is 15.2 Å². The van der Waals surface area contributed by atoms with Gasteiger partial charge in [0.2, 0.25) is 0 Å². The van der Waals surface area contributed by atoms with Gasteiger partial charge in [0.1, 0.15) is 21.3 Å². The van der Waals surface area contributed by atoms with Crippen LogP contribution in [0.5, 0.6) is 11.5 Å². The summed E-state index contributed by atoms with van der Waals surface area (Å²) in [5, 5.41) is -0.551. The van der Waals surface area contributed by atoms with E-state index in [4.69, 9.17) is 15.2 Å². The number of halogens is 1. The van der Waals surface area contributed by atoms with Crippen molar-refractivity contribution in [1.29, 1.82) is 0 Å². The first kappa shape index (κ1) is 27.9. The standard InChI is InChI=1S/C23H28FN5O6S2/c1-23(2,3)36(30,31)19-13-29-17(12-27-21(29)11-18(19)34-5)14-9-15(24)22(35-6)16(10-14)28-37(32,33)20(25)7-8-26-4/h7-13,28H,25H2,1-6H3/b20-7+,26-8?. The number of benzene rings is 1. The van der Waals surface area contributed by atoms with Crippen LogP contribution < -0.4 is 19.9 Å². The number of nitrogens with two attached hydrogens (primary N) is 1. The molecule has 0 atom stereocenters. The lowest BCUT2D eigenvalue weighted by Gasteiger charge is -2.21. The lowest BCUT2D eigenvalue weighted by molar-refractivity contribution is 0.389. The number of aliphatic imine (C=N–C) groups is 1. The average molecular weight is 554 g/mol. The fraction of sp³-hybridized carbons (Fsp3) is 0.304. The molecule has 37 heavy (non-hydrogen) atoms. The topological polar surface area (TPSA) is 154 Å². The Bertz CT molecular complexity index is 1620. The van der Waals surface area contributed by atoms with E-state index in [0.717, 1.165) is 12.1 Å². The Hall–Kier alpha value is -3.65. The first-order valence-corrected chi connectivity index (χ1v) is 13.7. The molecule has 0 aliphatic carbocycles. The SMILES string of the molecule is CN=C/C=C(\N)S(=O)(=O)Nc1cc(-c2cnc3cc(OC)c(S(=O)(=O)C(C)(C)C)cn23)cc(F)c1OC.